The molecule has 0 fully saturated rings. The molecule has 6 N–H and O–H groups in total. The van der Waals surface area contributed by atoms with E-state index in [1.807, 2.05) is 0 Å². The molecule has 0 rings (SSSR count). The van der Waals surface area contributed by atoms with Crippen molar-refractivity contribution in [3.05, 3.63) is 0 Å². The van der Waals surface area contributed by atoms with Gasteiger partial charge in [0.1, 0.15) is 0 Å². The summed E-state index contributed by atoms with van der Waals surface area (Å²) in [4.78, 5) is 0. The van der Waals surface area contributed by atoms with Crippen LogP contribution < -0.4 is 17.2 Å². The molecule has 0 bridgehead atoms. The molecule has 0 aromatic heterocycles. The first-order chi connectivity index (χ1) is 3.06. The Balaban J connectivity index is 3.15. The van der Waals surface area contributed by atoms with Gasteiger partial charge in [-0.25, -0.2) is 0 Å². The van der Waals surface area contributed by atoms with Crippen molar-refractivity contribution in [3.63, 3.8) is 0 Å². The quantitative estimate of drug-likeness (QED) is 0.380. The van der Waals surface area contributed by atoms with Gasteiger partial charge in [0, 0.05) is 0 Å². The monoisotopic (exact) mass is 208 g/mol. The predicted molar refractivity (Wildman–Crippen MR) is 30.5 cm³/mol. The fourth-order valence-electron chi connectivity index (χ4n) is 0.217. The Labute approximate surface area is 56.7 Å². The van der Waals surface area contributed by atoms with Crippen LogP contribution in [-0.2, 0) is 0 Å². The fraction of sp³-hybridized carbons (Fsp3) is 1.00. The van der Waals surface area contributed by atoms with E-state index in [-0.39, 0.29) is 0 Å². The van der Waals surface area contributed by atoms with E-state index < -0.39 is 5.79 Å². The van der Waals surface area contributed by atoms with Gasteiger partial charge in [-0.15, -0.1) is 0 Å². The zero-order valence-electron chi connectivity index (χ0n) is 4.15. The summed E-state index contributed by atoms with van der Waals surface area (Å²) in [6.45, 7) is 0. The molecule has 0 aromatic rings. The summed E-state index contributed by atoms with van der Waals surface area (Å²) in [5, 5.41) is 0. The molecule has 0 unspecified atom stereocenters. The van der Waals surface area contributed by atoms with Crippen LogP contribution in [0.3, 0.4) is 0 Å². The van der Waals surface area contributed by atoms with Crippen LogP contribution in [0.25, 0.3) is 0 Å². The van der Waals surface area contributed by atoms with E-state index in [1.54, 1.807) is 0 Å². The molecule has 41 valence electrons. The zero-order valence-corrected chi connectivity index (χ0v) is 7.00. The average molecular weight is 207 g/mol. The van der Waals surface area contributed by atoms with Crippen molar-refractivity contribution < 1.29 is 0 Å². The van der Waals surface area contributed by atoms with Gasteiger partial charge in [-0.1, -0.05) is 0 Å². The predicted octanol–water partition coefficient (Wildman–Crippen LogP) is -1.51. The third-order valence-corrected chi connectivity index (χ3v) is 1.27. The van der Waals surface area contributed by atoms with Crippen molar-refractivity contribution >= 4 is 22.5 Å². The van der Waals surface area contributed by atoms with Crippen LogP contribution in [0, 0.1) is 0 Å². The summed E-state index contributed by atoms with van der Waals surface area (Å²) < 4.78 is 1.02. The molecule has 3 radical (unpaired) electrons. The SMILES string of the molecule is NC(N)(N)C[CH2][Sn]. The molecule has 0 amide bonds. The second kappa shape index (κ2) is 2.86. The Morgan fingerprint density at radius 1 is 1.29 bits per heavy atom. The number of nitrogens with two attached hydrogens (primary N) is 3. The maximum absolute atomic E-state index is 5.22. The van der Waals surface area contributed by atoms with Crippen molar-refractivity contribution in [2.24, 2.45) is 17.2 Å². The molecule has 0 saturated carbocycles. The molecular weight excluding hydrogens is 197 g/mol. The van der Waals surface area contributed by atoms with Crippen LogP contribution >= 0.6 is 0 Å². The van der Waals surface area contributed by atoms with E-state index >= 15 is 0 Å². The average Bonchev–Trinajstić information content (AvgIpc) is 1.30. The molecular formula is C3H10N3Sn. The Morgan fingerprint density at radius 3 is 1.71 bits per heavy atom. The summed E-state index contributed by atoms with van der Waals surface area (Å²) in [6, 6.07) is 0. The topological polar surface area (TPSA) is 78.1 Å². The first-order valence-corrected chi connectivity index (χ1v) is 4.09. The molecule has 0 atom stereocenters. The first kappa shape index (κ1) is 7.68. The summed E-state index contributed by atoms with van der Waals surface area (Å²) in [5.74, 6) is -0.927. The van der Waals surface area contributed by atoms with Gasteiger partial charge in [0.25, 0.3) is 0 Å². The van der Waals surface area contributed by atoms with E-state index in [4.69, 9.17) is 17.2 Å². The normalized spacial score (nSPS) is 12.0. The minimum absolute atomic E-state index is 0.714. The molecule has 0 heterocycles. The van der Waals surface area contributed by atoms with Crippen molar-refractivity contribution in [1.29, 1.82) is 0 Å². The molecule has 0 spiro atoms. The number of hydrogen-bond acceptors (Lipinski definition) is 3. The van der Waals surface area contributed by atoms with Gasteiger partial charge in [0.2, 0.25) is 0 Å². The summed E-state index contributed by atoms with van der Waals surface area (Å²) in [5.41, 5.74) is 15.6. The van der Waals surface area contributed by atoms with E-state index in [0.29, 0.717) is 6.42 Å². The Kier molecular flexibility index (Phi) is 3.14. The van der Waals surface area contributed by atoms with Gasteiger partial charge in [-0.05, 0) is 0 Å². The summed E-state index contributed by atoms with van der Waals surface area (Å²) in [7, 11) is 0. The molecule has 7 heavy (non-hydrogen) atoms. The van der Waals surface area contributed by atoms with E-state index in [0.717, 1.165) is 4.44 Å². The molecule has 3 nitrogen and oxygen atoms in total. The van der Waals surface area contributed by atoms with Gasteiger partial charge in [-0.3, -0.25) is 0 Å². The number of hydrogen-bond donors (Lipinski definition) is 3. The second-order valence-corrected chi connectivity index (χ2v) is 3.04. The van der Waals surface area contributed by atoms with Crippen molar-refractivity contribution in [1.82, 2.24) is 0 Å². The van der Waals surface area contributed by atoms with Crippen LogP contribution in [-0.4, -0.2) is 28.3 Å². The third-order valence-electron chi connectivity index (χ3n) is 0.558. The Hall–Kier alpha value is 0.679. The maximum atomic E-state index is 5.22. The molecule has 0 aliphatic carbocycles. The van der Waals surface area contributed by atoms with Gasteiger partial charge in [-0.2, -0.15) is 0 Å². The van der Waals surface area contributed by atoms with Crippen LogP contribution in [0.5, 0.6) is 0 Å². The third kappa shape index (κ3) is 6.68. The van der Waals surface area contributed by atoms with Crippen LogP contribution in [0.4, 0.5) is 0 Å². The Bertz CT molecular complexity index is 48.6. The van der Waals surface area contributed by atoms with Gasteiger partial charge >= 0.3 is 56.4 Å². The van der Waals surface area contributed by atoms with Crippen molar-refractivity contribution in [2.75, 3.05) is 0 Å². The molecule has 4 heteroatoms. The molecule has 0 aliphatic rings. The summed E-state index contributed by atoms with van der Waals surface area (Å²) in [6.07, 6.45) is 0.714. The molecule has 0 aromatic carbocycles. The van der Waals surface area contributed by atoms with Gasteiger partial charge in [0.15, 0.2) is 0 Å². The fourth-order valence-corrected chi connectivity index (χ4v) is 1.45. The van der Waals surface area contributed by atoms with E-state index in [1.165, 1.54) is 22.5 Å². The molecule has 0 aliphatic heterocycles. The van der Waals surface area contributed by atoms with Crippen LogP contribution in [0.15, 0.2) is 0 Å². The van der Waals surface area contributed by atoms with Crippen LogP contribution in [0.2, 0.25) is 4.44 Å². The van der Waals surface area contributed by atoms with Gasteiger partial charge < -0.3 is 0 Å². The second-order valence-electron chi connectivity index (χ2n) is 1.61. The first-order valence-electron chi connectivity index (χ1n) is 2.07. The zero-order chi connectivity index (χ0) is 5.91. The van der Waals surface area contributed by atoms with E-state index in [9.17, 15) is 0 Å². The Morgan fingerprint density at radius 2 is 1.71 bits per heavy atom. The number of rotatable bonds is 2. The van der Waals surface area contributed by atoms with Crippen LogP contribution in [0.1, 0.15) is 6.42 Å². The molecule has 0 saturated heterocycles. The minimum atomic E-state index is -0.927. The van der Waals surface area contributed by atoms with Crippen molar-refractivity contribution in [2.45, 2.75) is 16.6 Å². The van der Waals surface area contributed by atoms with E-state index in [2.05, 4.69) is 0 Å². The summed E-state index contributed by atoms with van der Waals surface area (Å²) >= 11 is 1.43. The van der Waals surface area contributed by atoms with Crippen molar-refractivity contribution in [3.8, 4) is 0 Å². The standard InChI is InChI=1S/C3H10N3.Sn/c1-2-3(4,5)6;/h1-2,4-6H2;. The van der Waals surface area contributed by atoms with Gasteiger partial charge in [0.05, 0.1) is 0 Å².